The molecular formula is C18H26F2O6Si. The number of esters is 1. The van der Waals surface area contributed by atoms with Crippen molar-refractivity contribution in [1.29, 1.82) is 0 Å². The van der Waals surface area contributed by atoms with E-state index in [1.807, 2.05) is 0 Å². The predicted octanol–water partition coefficient (Wildman–Crippen LogP) is 2.75. The largest absolute Gasteiger partial charge is 0.515 e. The van der Waals surface area contributed by atoms with Crippen LogP contribution in [0.1, 0.15) is 31.1 Å². The van der Waals surface area contributed by atoms with Crippen molar-refractivity contribution < 1.29 is 37.7 Å². The zero-order valence-electron chi connectivity index (χ0n) is 16.0. The molecule has 0 fully saturated rings. The maximum atomic E-state index is 14.2. The van der Waals surface area contributed by atoms with Crippen LogP contribution in [0, 0.1) is 0 Å². The number of carbonyl (C=O) groups excluding carboxylic acids is 2. The Morgan fingerprint density at radius 2 is 1.63 bits per heavy atom. The predicted molar refractivity (Wildman–Crippen MR) is 97.0 cm³/mol. The van der Waals surface area contributed by atoms with Crippen LogP contribution >= 0.6 is 0 Å². The first kappa shape index (κ1) is 23.2. The molecule has 0 unspecified atom stereocenters. The lowest BCUT2D eigenvalue weighted by Crippen LogP contribution is -2.54. The Bertz CT molecular complexity index is 658. The summed E-state index contributed by atoms with van der Waals surface area (Å²) in [7, 11) is -2.85. The quantitative estimate of drug-likeness (QED) is 0.536. The highest BCUT2D eigenvalue weighted by Crippen LogP contribution is 2.38. The molecule has 0 aliphatic carbocycles. The van der Waals surface area contributed by atoms with Crippen LogP contribution in [0.5, 0.6) is 0 Å². The average molecular weight is 404 g/mol. The lowest BCUT2D eigenvalue weighted by atomic mass is 10.1. The van der Waals surface area contributed by atoms with Crippen molar-refractivity contribution in [1.82, 2.24) is 0 Å². The van der Waals surface area contributed by atoms with Gasteiger partial charge in [-0.1, -0.05) is 39.0 Å². The van der Waals surface area contributed by atoms with Crippen molar-refractivity contribution in [3.05, 3.63) is 35.9 Å². The van der Waals surface area contributed by atoms with E-state index in [1.54, 1.807) is 52.1 Å². The molecule has 1 aromatic carbocycles. The van der Waals surface area contributed by atoms with E-state index in [-0.39, 0.29) is 5.56 Å². The van der Waals surface area contributed by atoms with Crippen molar-refractivity contribution in [3.8, 4) is 0 Å². The Hall–Kier alpha value is -1.84. The van der Waals surface area contributed by atoms with E-state index in [9.17, 15) is 28.6 Å². The summed E-state index contributed by atoms with van der Waals surface area (Å²) in [5.41, 5.74) is 0.156. The van der Waals surface area contributed by atoms with E-state index in [0.717, 1.165) is 0 Å². The summed E-state index contributed by atoms with van der Waals surface area (Å²) >= 11 is 0. The zero-order valence-corrected chi connectivity index (χ0v) is 17.0. The van der Waals surface area contributed by atoms with Crippen molar-refractivity contribution in [3.63, 3.8) is 0 Å². The molecule has 2 N–H and O–H groups in total. The van der Waals surface area contributed by atoms with Crippen LogP contribution in [-0.4, -0.2) is 55.2 Å². The lowest BCUT2D eigenvalue weighted by Gasteiger charge is -2.37. The molecule has 0 bridgehead atoms. The summed E-state index contributed by atoms with van der Waals surface area (Å²) in [6.07, 6.45) is -4.95. The third-order valence-electron chi connectivity index (χ3n) is 4.56. The first-order chi connectivity index (χ1) is 12.2. The van der Waals surface area contributed by atoms with E-state index < -0.39 is 50.0 Å². The van der Waals surface area contributed by atoms with Gasteiger partial charge in [0.25, 0.3) is 8.32 Å². The molecule has 1 rings (SSSR count). The minimum atomic E-state index is -4.35. The Labute approximate surface area is 158 Å². The maximum absolute atomic E-state index is 14.2. The molecule has 0 saturated heterocycles. The Balaban J connectivity index is 2.73. The summed E-state index contributed by atoms with van der Waals surface area (Å²) in [5, 5.41) is 19.0. The van der Waals surface area contributed by atoms with Gasteiger partial charge in [-0.15, -0.1) is 0 Å². The van der Waals surface area contributed by atoms with E-state index in [0.29, 0.717) is 0 Å². The Morgan fingerprint density at radius 1 is 1.11 bits per heavy atom. The van der Waals surface area contributed by atoms with Crippen LogP contribution in [0.25, 0.3) is 0 Å². The summed E-state index contributed by atoms with van der Waals surface area (Å²) in [4.78, 5) is 23.7. The van der Waals surface area contributed by atoms with Crippen LogP contribution in [0.15, 0.2) is 30.3 Å². The highest BCUT2D eigenvalue weighted by molar-refractivity contribution is 6.75. The average Bonchev–Trinajstić information content (AvgIpc) is 2.57. The maximum Gasteiger partial charge on any atom is 0.369 e. The number of aliphatic hydroxyl groups excluding tert-OH is 2. The normalized spacial score (nSPS) is 15.0. The van der Waals surface area contributed by atoms with Gasteiger partial charge in [0.2, 0.25) is 0 Å². The van der Waals surface area contributed by atoms with Gasteiger partial charge in [-0.25, -0.2) is 9.59 Å². The number of hydrogen-bond donors (Lipinski definition) is 2. The third-order valence-corrected chi connectivity index (χ3v) is 8.86. The van der Waals surface area contributed by atoms with Crippen molar-refractivity contribution >= 4 is 20.3 Å². The van der Waals surface area contributed by atoms with Gasteiger partial charge in [-0.2, -0.15) is 8.78 Å². The highest BCUT2D eigenvalue weighted by Gasteiger charge is 2.54. The fraction of sp³-hybridized carbons (Fsp3) is 0.556. The van der Waals surface area contributed by atoms with Crippen LogP contribution in [-0.2, 0) is 14.0 Å². The molecule has 6 nitrogen and oxygen atoms in total. The molecule has 0 aliphatic rings. The number of carbonyl (C=O) groups is 2. The molecule has 0 amide bonds. The SMILES string of the molecule is CC(C)(C)[Si](C)(C)OC(=O)C(F)(F)[C@H](O)[C@H](O)COC(=O)c1ccccc1. The molecule has 9 heteroatoms. The fourth-order valence-electron chi connectivity index (χ4n) is 1.73. The minimum Gasteiger partial charge on any atom is -0.515 e. The summed E-state index contributed by atoms with van der Waals surface area (Å²) in [6.45, 7) is 7.59. The van der Waals surface area contributed by atoms with Crippen molar-refractivity contribution in [2.75, 3.05) is 6.61 Å². The van der Waals surface area contributed by atoms with Gasteiger partial charge in [-0.3, -0.25) is 0 Å². The van der Waals surface area contributed by atoms with Crippen molar-refractivity contribution in [2.24, 2.45) is 0 Å². The first-order valence-corrected chi connectivity index (χ1v) is 11.3. The van der Waals surface area contributed by atoms with Gasteiger partial charge in [0.05, 0.1) is 5.56 Å². The monoisotopic (exact) mass is 404 g/mol. The van der Waals surface area contributed by atoms with Gasteiger partial charge in [0.1, 0.15) is 12.7 Å². The highest BCUT2D eigenvalue weighted by atomic mass is 28.4. The zero-order chi connectivity index (χ0) is 21.0. The smallest absolute Gasteiger partial charge is 0.369 e. The number of ether oxygens (including phenoxy) is 1. The number of halogens is 2. The first-order valence-electron chi connectivity index (χ1n) is 8.39. The third kappa shape index (κ3) is 5.82. The van der Waals surface area contributed by atoms with Gasteiger partial charge in [0.15, 0.2) is 6.10 Å². The summed E-state index contributed by atoms with van der Waals surface area (Å²) in [5.74, 6) is -7.11. The lowest BCUT2D eigenvalue weighted by molar-refractivity contribution is -0.194. The molecule has 152 valence electrons. The minimum absolute atomic E-state index is 0.156. The van der Waals surface area contributed by atoms with E-state index >= 15 is 0 Å². The van der Waals surface area contributed by atoms with Gasteiger partial charge >= 0.3 is 17.9 Å². The Morgan fingerprint density at radius 3 is 2.11 bits per heavy atom. The molecule has 0 aliphatic heterocycles. The number of aliphatic hydroxyl groups is 2. The standard InChI is InChI=1S/C18H26F2O6Si/c1-17(2,3)27(4,5)26-16(24)18(19,20)14(22)13(21)11-25-15(23)12-9-7-6-8-10-12/h6-10,13-14,21-22H,11H2,1-5H3/t13-,14-/m1/s1. The molecular weight excluding hydrogens is 378 g/mol. The second kappa shape index (κ2) is 8.45. The molecule has 0 heterocycles. The second-order valence-corrected chi connectivity index (χ2v) is 12.5. The number of rotatable bonds is 7. The van der Waals surface area contributed by atoms with E-state index in [2.05, 4.69) is 0 Å². The number of benzene rings is 1. The van der Waals surface area contributed by atoms with Gasteiger partial charge < -0.3 is 19.4 Å². The molecule has 0 radical (unpaired) electrons. The summed E-state index contributed by atoms with van der Waals surface area (Å²) in [6, 6.07) is 7.70. The number of hydrogen-bond acceptors (Lipinski definition) is 6. The van der Waals surface area contributed by atoms with E-state index in [4.69, 9.17) is 9.16 Å². The van der Waals surface area contributed by atoms with Crippen LogP contribution in [0.3, 0.4) is 0 Å². The van der Waals surface area contributed by atoms with E-state index in [1.165, 1.54) is 12.1 Å². The molecule has 0 saturated carbocycles. The molecule has 0 aromatic heterocycles. The molecule has 1 aromatic rings. The topological polar surface area (TPSA) is 93.1 Å². The van der Waals surface area contributed by atoms with Gasteiger partial charge in [-0.05, 0) is 30.3 Å². The molecule has 0 spiro atoms. The van der Waals surface area contributed by atoms with Crippen molar-refractivity contribution in [2.45, 2.75) is 57.0 Å². The molecule has 2 atom stereocenters. The fourth-order valence-corrected chi connectivity index (χ4v) is 2.63. The Kier molecular flexibility index (Phi) is 7.26. The molecule has 27 heavy (non-hydrogen) atoms. The second-order valence-electron chi connectivity index (χ2n) is 7.75. The summed E-state index contributed by atoms with van der Waals surface area (Å²) < 4.78 is 38.2. The number of alkyl halides is 2. The van der Waals surface area contributed by atoms with Crippen LogP contribution < -0.4 is 0 Å². The van der Waals surface area contributed by atoms with Crippen LogP contribution in [0.2, 0.25) is 18.1 Å². The van der Waals surface area contributed by atoms with Crippen LogP contribution in [0.4, 0.5) is 8.78 Å². The van der Waals surface area contributed by atoms with Gasteiger partial charge in [0, 0.05) is 0 Å².